The second-order valence-corrected chi connectivity index (χ2v) is 6.23. The molecule has 1 aliphatic carbocycles. The zero-order chi connectivity index (χ0) is 14.9. The number of amides is 1. The van der Waals surface area contributed by atoms with Crippen molar-refractivity contribution in [2.75, 3.05) is 13.2 Å². The van der Waals surface area contributed by atoms with Gasteiger partial charge in [0.2, 0.25) is 0 Å². The molecule has 4 heteroatoms. The van der Waals surface area contributed by atoms with E-state index in [2.05, 4.69) is 16.0 Å². The van der Waals surface area contributed by atoms with E-state index in [0.29, 0.717) is 25.1 Å². The third-order valence-electron chi connectivity index (χ3n) is 4.46. The first kappa shape index (κ1) is 13.4. The fraction of sp³-hybridized carbons (Fsp3) is 0.389. The Morgan fingerprint density at radius 1 is 1.23 bits per heavy atom. The molecular weight excluding hydrogens is 276 g/mol. The molecule has 1 aliphatic heterocycles. The number of hydrogen-bond donors (Lipinski definition) is 1. The van der Waals surface area contributed by atoms with Crippen molar-refractivity contribution in [1.82, 2.24) is 9.88 Å². The Balaban J connectivity index is 1.37. The molecule has 4 rings (SSSR count). The molecule has 0 unspecified atom stereocenters. The summed E-state index contributed by atoms with van der Waals surface area (Å²) in [6.07, 6.45) is 5.33. The Labute approximate surface area is 130 Å². The first-order valence-corrected chi connectivity index (χ1v) is 7.97. The van der Waals surface area contributed by atoms with Gasteiger partial charge in [0.1, 0.15) is 11.4 Å². The smallest absolute Gasteiger partial charge is 0.267 e. The third-order valence-corrected chi connectivity index (χ3v) is 4.46. The van der Waals surface area contributed by atoms with Crippen molar-refractivity contribution < 1.29 is 9.53 Å². The van der Waals surface area contributed by atoms with Crippen molar-refractivity contribution in [2.45, 2.75) is 25.3 Å². The fourth-order valence-electron chi connectivity index (χ4n) is 3.11. The summed E-state index contributed by atoms with van der Waals surface area (Å²) in [5, 5.41) is 3.07. The number of aromatic nitrogens is 1. The van der Waals surface area contributed by atoms with Gasteiger partial charge in [0, 0.05) is 24.7 Å². The highest BCUT2D eigenvalue weighted by molar-refractivity contribution is 5.92. The highest BCUT2D eigenvalue weighted by atomic mass is 16.5. The molecule has 2 aromatic rings. The molecule has 1 saturated carbocycles. The number of carbonyl (C=O) groups excluding carboxylic acids is 1. The number of hydrogen-bond acceptors (Lipinski definition) is 2. The molecule has 4 nitrogen and oxygen atoms in total. The summed E-state index contributed by atoms with van der Waals surface area (Å²) >= 11 is 0. The van der Waals surface area contributed by atoms with Crippen LogP contribution in [0, 0.1) is 5.92 Å². The van der Waals surface area contributed by atoms with Gasteiger partial charge in [0.15, 0.2) is 0 Å². The minimum Gasteiger partial charge on any atom is -0.493 e. The molecule has 1 amide bonds. The molecule has 1 aromatic carbocycles. The molecular formula is C18H20N2O2. The summed E-state index contributed by atoms with van der Waals surface area (Å²) in [5.74, 6) is 1.34. The number of nitrogens with zero attached hydrogens (tertiary/aromatic N) is 1. The van der Waals surface area contributed by atoms with Gasteiger partial charge in [-0.2, -0.15) is 0 Å². The lowest BCUT2D eigenvalue weighted by Gasteiger charge is -2.25. The Kier molecular flexibility index (Phi) is 3.37. The Bertz CT molecular complexity index is 688. The maximum atomic E-state index is 12.4. The number of rotatable bonds is 4. The second-order valence-electron chi connectivity index (χ2n) is 6.23. The monoisotopic (exact) mass is 296 g/mol. The normalized spacial score (nSPS) is 20.1. The van der Waals surface area contributed by atoms with E-state index in [1.807, 2.05) is 36.5 Å². The molecule has 1 aromatic heterocycles. The summed E-state index contributed by atoms with van der Waals surface area (Å²) in [7, 11) is 0. The average Bonchev–Trinajstić information content (AvgIpc) is 3.29. The standard InChI is InChI=1S/C18H20N2O2/c21-18(16-5-3-9-20(16)15-7-8-15)19-11-13-10-14-4-1-2-6-17(14)22-12-13/h1-6,9,13,15H,7-8,10-12H2,(H,19,21)/t13-/m1/s1. The van der Waals surface area contributed by atoms with E-state index in [4.69, 9.17) is 4.74 Å². The van der Waals surface area contributed by atoms with Crippen LogP contribution >= 0.6 is 0 Å². The SMILES string of the molecule is O=C(NC[C@@H]1COc2ccccc2C1)c1cccn1C1CC1. The minimum atomic E-state index is 0.0239. The maximum absolute atomic E-state index is 12.4. The lowest BCUT2D eigenvalue weighted by Crippen LogP contribution is -2.35. The van der Waals surface area contributed by atoms with E-state index in [-0.39, 0.29) is 5.91 Å². The summed E-state index contributed by atoms with van der Waals surface area (Å²) in [5.41, 5.74) is 2.01. The molecule has 2 heterocycles. The van der Waals surface area contributed by atoms with Gasteiger partial charge in [-0.3, -0.25) is 4.79 Å². The van der Waals surface area contributed by atoms with Gasteiger partial charge in [0.25, 0.3) is 5.91 Å². The largest absolute Gasteiger partial charge is 0.493 e. The van der Waals surface area contributed by atoms with Crippen LogP contribution in [0.15, 0.2) is 42.6 Å². The number of nitrogens with one attached hydrogen (secondary N) is 1. The molecule has 114 valence electrons. The molecule has 0 bridgehead atoms. The molecule has 1 atom stereocenters. The van der Waals surface area contributed by atoms with Gasteiger partial charge in [-0.05, 0) is 43.0 Å². The van der Waals surface area contributed by atoms with Gasteiger partial charge < -0.3 is 14.6 Å². The minimum absolute atomic E-state index is 0.0239. The lowest BCUT2D eigenvalue weighted by molar-refractivity contribution is 0.0929. The van der Waals surface area contributed by atoms with Crippen molar-refractivity contribution in [3.05, 3.63) is 53.9 Å². The Morgan fingerprint density at radius 2 is 2.09 bits per heavy atom. The van der Waals surface area contributed by atoms with E-state index in [0.717, 1.165) is 17.9 Å². The van der Waals surface area contributed by atoms with Crippen LogP contribution in [-0.4, -0.2) is 23.6 Å². The zero-order valence-corrected chi connectivity index (χ0v) is 12.5. The second kappa shape index (κ2) is 5.52. The molecule has 22 heavy (non-hydrogen) atoms. The topological polar surface area (TPSA) is 43.3 Å². The summed E-state index contributed by atoms with van der Waals surface area (Å²) in [6, 6.07) is 12.5. The van der Waals surface area contributed by atoms with E-state index < -0.39 is 0 Å². The van der Waals surface area contributed by atoms with Crippen LogP contribution in [-0.2, 0) is 6.42 Å². The molecule has 1 fully saturated rings. The number of fused-ring (bicyclic) bond motifs is 1. The maximum Gasteiger partial charge on any atom is 0.267 e. The number of para-hydroxylation sites is 1. The van der Waals surface area contributed by atoms with Crippen LogP contribution in [0.25, 0.3) is 0 Å². The van der Waals surface area contributed by atoms with E-state index in [9.17, 15) is 4.79 Å². The average molecular weight is 296 g/mol. The van der Waals surface area contributed by atoms with Gasteiger partial charge in [-0.15, -0.1) is 0 Å². The summed E-state index contributed by atoms with van der Waals surface area (Å²) < 4.78 is 7.87. The predicted octanol–water partition coefficient (Wildman–Crippen LogP) is 2.80. The zero-order valence-electron chi connectivity index (χ0n) is 12.5. The first-order chi connectivity index (χ1) is 10.8. The van der Waals surface area contributed by atoms with E-state index in [1.165, 1.54) is 18.4 Å². The molecule has 2 aliphatic rings. The van der Waals surface area contributed by atoms with Crippen LogP contribution < -0.4 is 10.1 Å². The molecule has 0 saturated heterocycles. The lowest BCUT2D eigenvalue weighted by atomic mass is 9.97. The van der Waals surface area contributed by atoms with Gasteiger partial charge in [-0.25, -0.2) is 0 Å². The predicted molar refractivity (Wildman–Crippen MR) is 84.2 cm³/mol. The van der Waals surface area contributed by atoms with E-state index in [1.54, 1.807) is 0 Å². The van der Waals surface area contributed by atoms with Gasteiger partial charge in [-0.1, -0.05) is 18.2 Å². The van der Waals surface area contributed by atoms with Crippen molar-refractivity contribution in [3.8, 4) is 5.75 Å². The summed E-state index contributed by atoms with van der Waals surface area (Å²) in [4.78, 5) is 12.4. The van der Waals surface area contributed by atoms with Crippen molar-refractivity contribution in [2.24, 2.45) is 5.92 Å². The van der Waals surface area contributed by atoms with Gasteiger partial charge >= 0.3 is 0 Å². The quantitative estimate of drug-likeness (QED) is 0.943. The number of ether oxygens (including phenoxy) is 1. The fourth-order valence-corrected chi connectivity index (χ4v) is 3.11. The molecule has 0 radical (unpaired) electrons. The van der Waals surface area contributed by atoms with Crippen LogP contribution in [0.3, 0.4) is 0 Å². The van der Waals surface area contributed by atoms with Gasteiger partial charge in [0.05, 0.1) is 6.61 Å². The highest BCUT2D eigenvalue weighted by Gasteiger charge is 2.27. The van der Waals surface area contributed by atoms with Crippen LogP contribution in [0.4, 0.5) is 0 Å². The number of carbonyl (C=O) groups is 1. The van der Waals surface area contributed by atoms with Crippen molar-refractivity contribution in [3.63, 3.8) is 0 Å². The first-order valence-electron chi connectivity index (χ1n) is 7.97. The Hall–Kier alpha value is -2.23. The number of benzene rings is 1. The van der Waals surface area contributed by atoms with Crippen LogP contribution in [0.2, 0.25) is 0 Å². The van der Waals surface area contributed by atoms with Crippen LogP contribution in [0.1, 0.15) is 34.9 Å². The molecule has 0 spiro atoms. The Morgan fingerprint density at radius 3 is 2.95 bits per heavy atom. The van der Waals surface area contributed by atoms with Crippen molar-refractivity contribution in [1.29, 1.82) is 0 Å². The molecule has 1 N–H and O–H groups in total. The third kappa shape index (κ3) is 2.61. The summed E-state index contributed by atoms with van der Waals surface area (Å²) in [6.45, 7) is 1.32. The van der Waals surface area contributed by atoms with E-state index >= 15 is 0 Å². The van der Waals surface area contributed by atoms with Crippen molar-refractivity contribution >= 4 is 5.91 Å². The van der Waals surface area contributed by atoms with Crippen LogP contribution in [0.5, 0.6) is 5.75 Å². The highest BCUT2D eigenvalue weighted by Crippen LogP contribution is 2.36.